The molecule has 1 atom stereocenters. The number of piperidine rings is 1. The molecular weight excluding hydrogens is 282 g/mol. The molecule has 0 amide bonds. The smallest absolute Gasteiger partial charge is 0.358 e. The predicted octanol–water partition coefficient (Wildman–Crippen LogP) is 1.31. The summed E-state index contributed by atoms with van der Waals surface area (Å²) in [6.45, 7) is 6.54. The van der Waals surface area contributed by atoms with Gasteiger partial charge in [0.2, 0.25) is 6.33 Å². The van der Waals surface area contributed by atoms with E-state index in [4.69, 9.17) is 5.73 Å². The van der Waals surface area contributed by atoms with E-state index in [0.717, 1.165) is 19.5 Å². The Kier molecular flexibility index (Phi) is 5.12. The van der Waals surface area contributed by atoms with E-state index in [2.05, 4.69) is 23.7 Å². The second-order valence-corrected chi connectivity index (χ2v) is 5.98. The van der Waals surface area contributed by atoms with Crippen molar-refractivity contribution in [2.75, 3.05) is 13.1 Å². The lowest BCUT2D eigenvalue weighted by atomic mass is 9.79. The summed E-state index contributed by atoms with van der Waals surface area (Å²) in [5.74, 6) is -0.0461. The summed E-state index contributed by atoms with van der Waals surface area (Å²) in [6.07, 6.45) is 2.41. The summed E-state index contributed by atoms with van der Waals surface area (Å²) in [5, 5.41) is 10.9. The fourth-order valence-corrected chi connectivity index (χ4v) is 2.61. The van der Waals surface area contributed by atoms with Crippen LogP contribution in [0.4, 0.5) is 5.82 Å². The van der Waals surface area contributed by atoms with Crippen molar-refractivity contribution >= 4 is 18.2 Å². The highest BCUT2D eigenvalue weighted by molar-refractivity contribution is 5.85. The maximum atomic E-state index is 10.9. The van der Waals surface area contributed by atoms with Crippen LogP contribution in [0.15, 0.2) is 6.33 Å². The predicted molar refractivity (Wildman–Crippen MR) is 78.8 cm³/mol. The molecule has 1 unspecified atom stereocenters. The van der Waals surface area contributed by atoms with Crippen molar-refractivity contribution in [3.63, 3.8) is 0 Å². The minimum absolute atomic E-state index is 0. The minimum atomic E-state index is -0.420. The third-order valence-electron chi connectivity index (χ3n) is 3.97. The molecule has 20 heavy (non-hydrogen) atoms. The topological polar surface area (TPSA) is 90.2 Å². The molecule has 2 heterocycles. The number of nitrogens with zero attached hydrogens (tertiary/aromatic N) is 4. The second kappa shape index (κ2) is 6.07. The number of hydrogen-bond acceptors (Lipinski definition) is 5. The van der Waals surface area contributed by atoms with E-state index in [1.165, 1.54) is 6.33 Å². The summed E-state index contributed by atoms with van der Waals surface area (Å²) in [4.78, 5) is 16.6. The Labute approximate surface area is 124 Å². The third kappa shape index (κ3) is 3.28. The molecule has 0 saturated carbocycles. The third-order valence-corrected chi connectivity index (χ3v) is 3.97. The van der Waals surface area contributed by atoms with Crippen LogP contribution < -0.4 is 5.73 Å². The first kappa shape index (κ1) is 16.9. The zero-order valence-corrected chi connectivity index (χ0v) is 12.9. The van der Waals surface area contributed by atoms with E-state index in [1.807, 2.05) is 0 Å². The lowest BCUT2D eigenvalue weighted by Gasteiger charge is -2.42. The van der Waals surface area contributed by atoms with Crippen molar-refractivity contribution in [3.05, 3.63) is 22.1 Å². The van der Waals surface area contributed by atoms with Gasteiger partial charge in [-0.2, -0.15) is 0 Å². The van der Waals surface area contributed by atoms with Gasteiger partial charge >= 0.3 is 5.82 Å². The summed E-state index contributed by atoms with van der Waals surface area (Å²) in [7, 11) is 1.79. The number of nitro groups is 1. The molecule has 2 rings (SSSR count). The molecular formula is C12H22ClN5O2. The first-order chi connectivity index (χ1) is 8.81. The molecule has 0 aliphatic carbocycles. The lowest BCUT2D eigenvalue weighted by Crippen LogP contribution is -2.52. The molecule has 7 nitrogen and oxygen atoms in total. The highest BCUT2D eigenvalue weighted by Crippen LogP contribution is 2.29. The second-order valence-electron chi connectivity index (χ2n) is 5.98. The Bertz CT molecular complexity index is 488. The van der Waals surface area contributed by atoms with E-state index in [1.54, 1.807) is 11.6 Å². The van der Waals surface area contributed by atoms with Crippen molar-refractivity contribution in [1.82, 2.24) is 14.5 Å². The van der Waals surface area contributed by atoms with Crippen molar-refractivity contribution < 1.29 is 4.92 Å². The number of aromatic nitrogens is 2. The zero-order chi connectivity index (χ0) is 14.2. The van der Waals surface area contributed by atoms with E-state index < -0.39 is 4.92 Å². The Balaban J connectivity index is 0.00000200. The molecule has 8 heteroatoms. The molecule has 114 valence electrons. The first-order valence-electron chi connectivity index (χ1n) is 6.44. The largest absolute Gasteiger partial charge is 0.386 e. The van der Waals surface area contributed by atoms with E-state index in [9.17, 15) is 10.1 Å². The van der Waals surface area contributed by atoms with E-state index in [-0.39, 0.29) is 29.7 Å². The van der Waals surface area contributed by atoms with Gasteiger partial charge in [0.15, 0.2) is 0 Å². The summed E-state index contributed by atoms with van der Waals surface area (Å²) >= 11 is 0. The SMILES string of the molecule is Cl.Cn1cnc([N+](=O)[O-])c1CN1CCC(N)C(C)(C)C1. The van der Waals surface area contributed by atoms with Gasteiger partial charge in [0.25, 0.3) is 0 Å². The fourth-order valence-electron chi connectivity index (χ4n) is 2.61. The van der Waals surface area contributed by atoms with Crippen molar-refractivity contribution in [1.29, 1.82) is 0 Å². The lowest BCUT2D eigenvalue weighted by molar-refractivity contribution is -0.390. The van der Waals surface area contributed by atoms with Crippen LogP contribution in [-0.2, 0) is 13.6 Å². The first-order valence-corrected chi connectivity index (χ1v) is 6.44. The Hall–Kier alpha value is -1.18. The number of rotatable bonds is 3. The Morgan fingerprint density at radius 3 is 2.80 bits per heavy atom. The molecule has 1 aliphatic rings. The van der Waals surface area contributed by atoms with Gasteiger partial charge in [-0.05, 0) is 21.7 Å². The van der Waals surface area contributed by atoms with Gasteiger partial charge in [-0.25, -0.2) is 0 Å². The molecule has 1 aromatic rings. The average Bonchev–Trinajstić information content (AvgIpc) is 2.66. The average molecular weight is 304 g/mol. The number of imidazole rings is 1. The van der Waals surface area contributed by atoms with Crippen LogP contribution in [0.5, 0.6) is 0 Å². The summed E-state index contributed by atoms with van der Waals surface area (Å²) in [5.41, 5.74) is 6.79. The molecule has 0 bridgehead atoms. The van der Waals surface area contributed by atoms with Crippen molar-refractivity contribution in [2.45, 2.75) is 32.9 Å². The van der Waals surface area contributed by atoms with Crippen molar-refractivity contribution in [2.24, 2.45) is 18.2 Å². The summed E-state index contributed by atoms with van der Waals surface area (Å²) in [6, 6.07) is 0.185. The van der Waals surface area contributed by atoms with E-state index >= 15 is 0 Å². The van der Waals surface area contributed by atoms with Gasteiger partial charge < -0.3 is 20.4 Å². The van der Waals surface area contributed by atoms with Crippen LogP contribution in [-0.4, -0.2) is 38.5 Å². The quantitative estimate of drug-likeness (QED) is 0.671. The zero-order valence-electron chi connectivity index (χ0n) is 12.1. The number of halogens is 1. The number of nitrogens with two attached hydrogens (primary N) is 1. The maximum absolute atomic E-state index is 10.9. The minimum Gasteiger partial charge on any atom is -0.358 e. The standard InChI is InChI=1S/C12H21N5O2.ClH/c1-12(2)7-16(5-4-10(12)13)6-9-11(17(18)19)14-8-15(9)3;/h8,10H,4-7,13H2,1-3H3;1H. The van der Waals surface area contributed by atoms with Gasteiger partial charge in [0, 0.05) is 32.7 Å². The van der Waals surface area contributed by atoms with Crippen LogP contribution in [0, 0.1) is 15.5 Å². The van der Waals surface area contributed by atoms with Gasteiger partial charge in [0.05, 0.1) is 0 Å². The van der Waals surface area contributed by atoms with Crippen molar-refractivity contribution in [3.8, 4) is 0 Å². The molecule has 1 saturated heterocycles. The van der Waals surface area contributed by atoms with Crippen LogP contribution in [0.2, 0.25) is 0 Å². The molecule has 0 aromatic carbocycles. The van der Waals surface area contributed by atoms with Crippen LogP contribution in [0.25, 0.3) is 0 Å². The maximum Gasteiger partial charge on any atom is 0.386 e. The van der Waals surface area contributed by atoms with Gasteiger partial charge in [-0.1, -0.05) is 13.8 Å². The molecule has 1 aliphatic heterocycles. The molecule has 0 spiro atoms. The monoisotopic (exact) mass is 303 g/mol. The number of aryl methyl sites for hydroxylation is 1. The Morgan fingerprint density at radius 2 is 2.25 bits per heavy atom. The fraction of sp³-hybridized carbons (Fsp3) is 0.750. The van der Waals surface area contributed by atoms with Crippen LogP contribution in [0.3, 0.4) is 0 Å². The molecule has 1 fully saturated rings. The Morgan fingerprint density at radius 1 is 1.60 bits per heavy atom. The van der Waals surface area contributed by atoms with Gasteiger partial charge in [0.1, 0.15) is 5.69 Å². The highest BCUT2D eigenvalue weighted by Gasteiger charge is 2.34. The number of likely N-dealkylation sites (tertiary alicyclic amines) is 1. The molecule has 1 aromatic heterocycles. The molecule has 2 N–H and O–H groups in total. The summed E-state index contributed by atoms with van der Waals surface area (Å²) < 4.78 is 1.72. The van der Waals surface area contributed by atoms with Crippen LogP contribution in [0.1, 0.15) is 26.0 Å². The highest BCUT2D eigenvalue weighted by atomic mass is 35.5. The van der Waals surface area contributed by atoms with Gasteiger partial charge in [-0.15, -0.1) is 12.4 Å². The normalized spacial score (nSPS) is 22.3. The molecule has 0 radical (unpaired) electrons. The van der Waals surface area contributed by atoms with E-state index in [0.29, 0.717) is 12.2 Å². The van der Waals surface area contributed by atoms with Gasteiger partial charge in [-0.3, -0.25) is 4.90 Å². The number of hydrogen-bond donors (Lipinski definition) is 1. The van der Waals surface area contributed by atoms with Crippen LogP contribution >= 0.6 is 12.4 Å².